The molecule has 1 saturated heterocycles. The Morgan fingerprint density at radius 1 is 1.13 bits per heavy atom. The summed E-state index contributed by atoms with van der Waals surface area (Å²) in [6.45, 7) is 4.25. The zero-order chi connectivity index (χ0) is 21.6. The van der Waals surface area contributed by atoms with Crippen LogP contribution in [0.3, 0.4) is 0 Å². The van der Waals surface area contributed by atoms with E-state index in [1.54, 1.807) is 4.90 Å². The number of carbonyl (C=O) groups is 1. The number of hydrogen-bond donors (Lipinski definition) is 0. The zero-order valence-electron chi connectivity index (χ0n) is 18.6. The molecule has 31 heavy (non-hydrogen) atoms. The molecular weight excluding hydrogens is 388 g/mol. The van der Waals surface area contributed by atoms with Crippen molar-refractivity contribution in [3.8, 4) is 5.75 Å². The largest absolute Gasteiger partial charge is 0.489 e. The van der Waals surface area contributed by atoms with Crippen LogP contribution >= 0.6 is 0 Å². The summed E-state index contributed by atoms with van der Waals surface area (Å²) in [6.07, 6.45) is 8.19. The number of ether oxygens (including phenoxy) is 2. The van der Waals surface area contributed by atoms with E-state index < -0.39 is 0 Å². The molecule has 2 heterocycles. The SMILES string of the molecule is COC(=O)N1CCC(c2ccc(OCC3=C(c4ccccn4)CCCC3)c(C)c2)CC1. The first-order valence-electron chi connectivity index (χ1n) is 11.3. The lowest BCUT2D eigenvalue weighted by Crippen LogP contribution is -2.37. The standard InChI is InChI=1S/C26H32N2O3/c1-19-17-21(20-12-15-28(16-13-20)26(29)30-2)10-11-25(19)31-18-22-7-3-4-8-23(22)24-9-5-6-14-27-24/h5-6,9-11,14,17,20H,3-4,7-8,12-13,15-16,18H2,1-2H3. The molecule has 0 bridgehead atoms. The van der Waals surface area contributed by atoms with E-state index in [4.69, 9.17) is 9.47 Å². The van der Waals surface area contributed by atoms with Gasteiger partial charge in [0.2, 0.25) is 0 Å². The normalized spacial score (nSPS) is 17.5. The van der Waals surface area contributed by atoms with Crippen LogP contribution in [0.4, 0.5) is 4.79 Å². The Bertz CT molecular complexity index is 931. The first-order chi connectivity index (χ1) is 15.2. The van der Waals surface area contributed by atoms with Gasteiger partial charge in [0.25, 0.3) is 0 Å². The van der Waals surface area contributed by atoms with Crippen molar-refractivity contribution in [3.63, 3.8) is 0 Å². The number of pyridine rings is 1. The van der Waals surface area contributed by atoms with Crippen LogP contribution in [0.2, 0.25) is 0 Å². The Balaban J connectivity index is 1.41. The molecule has 1 aliphatic carbocycles. The van der Waals surface area contributed by atoms with E-state index in [1.807, 2.05) is 12.3 Å². The lowest BCUT2D eigenvalue weighted by atomic mass is 9.88. The Hall–Kier alpha value is -2.82. The number of piperidine rings is 1. The predicted molar refractivity (Wildman–Crippen MR) is 122 cm³/mol. The summed E-state index contributed by atoms with van der Waals surface area (Å²) in [5.41, 5.74) is 6.33. The first-order valence-corrected chi connectivity index (χ1v) is 11.3. The molecular formula is C26H32N2O3. The number of nitrogens with zero attached hydrogens (tertiary/aromatic N) is 2. The molecule has 0 spiro atoms. The molecule has 0 saturated carbocycles. The molecule has 5 heteroatoms. The van der Waals surface area contributed by atoms with Gasteiger partial charge < -0.3 is 14.4 Å². The van der Waals surface area contributed by atoms with Gasteiger partial charge >= 0.3 is 6.09 Å². The van der Waals surface area contributed by atoms with Crippen LogP contribution in [0.5, 0.6) is 5.75 Å². The molecule has 5 nitrogen and oxygen atoms in total. The maximum absolute atomic E-state index is 11.7. The van der Waals surface area contributed by atoms with Gasteiger partial charge in [-0.2, -0.15) is 0 Å². The van der Waals surface area contributed by atoms with Gasteiger partial charge in [0, 0.05) is 19.3 Å². The van der Waals surface area contributed by atoms with Gasteiger partial charge in [0.05, 0.1) is 12.8 Å². The number of allylic oxidation sites excluding steroid dienone is 1. The number of carbonyl (C=O) groups excluding carboxylic acids is 1. The van der Waals surface area contributed by atoms with Crippen molar-refractivity contribution in [2.24, 2.45) is 0 Å². The minimum atomic E-state index is -0.222. The molecule has 0 unspecified atom stereocenters. The van der Waals surface area contributed by atoms with Crippen molar-refractivity contribution in [1.29, 1.82) is 0 Å². The highest BCUT2D eigenvalue weighted by Crippen LogP contribution is 2.34. The van der Waals surface area contributed by atoms with Crippen LogP contribution in [0.15, 0.2) is 48.2 Å². The van der Waals surface area contributed by atoms with Gasteiger partial charge in [-0.25, -0.2) is 4.79 Å². The molecule has 1 fully saturated rings. The third kappa shape index (κ3) is 5.09. The quantitative estimate of drug-likeness (QED) is 0.619. The molecule has 2 aromatic rings. The van der Waals surface area contributed by atoms with Gasteiger partial charge in [-0.05, 0) is 91.8 Å². The fraction of sp³-hybridized carbons (Fsp3) is 0.462. The topological polar surface area (TPSA) is 51.7 Å². The maximum Gasteiger partial charge on any atom is 0.409 e. The smallest absolute Gasteiger partial charge is 0.409 e. The Kier molecular flexibility index (Phi) is 6.90. The summed E-state index contributed by atoms with van der Waals surface area (Å²) in [5.74, 6) is 1.43. The number of likely N-dealkylation sites (tertiary alicyclic amines) is 1. The Morgan fingerprint density at radius 3 is 2.65 bits per heavy atom. The molecule has 1 aromatic heterocycles. The van der Waals surface area contributed by atoms with Crippen LogP contribution < -0.4 is 4.74 Å². The van der Waals surface area contributed by atoms with E-state index in [0.29, 0.717) is 12.5 Å². The number of amides is 1. The van der Waals surface area contributed by atoms with Crippen molar-refractivity contribution in [1.82, 2.24) is 9.88 Å². The van der Waals surface area contributed by atoms with E-state index in [-0.39, 0.29) is 6.09 Å². The van der Waals surface area contributed by atoms with E-state index in [9.17, 15) is 4.79 Å². The Labute approximate surface area is 185 Å². The second-order valence-electron chi connectivity index (χ2n) is 8.55. The molecule has 1 amide bonds. The average Bonchev–Trinajstić information content (AvgIpc) is 2.83. The second-order valence-corrected chi connectivity index (χ2v) is 8.55. The molecule has 1 aliphatic heterocycles. The number of aryl methyl sites for hydroxylation is 1. The summed E-state index contributed by atoms with van der Waals surface area (Å²) in [7, 11) is 1.44. The van der Waals surface area contributed by atoms with Gasteiger partial charge in [-0.1, -0.05) is 18.2 Å². The van der Waals surface area contributed by atoms with E-state index >= 15 is 0 Å². The molecule has 0 N–H and O–H groups in total. The lowest BCUT2D eigenvalue weighted by molar-refractivity contribution is 0.112. The predicted octanol–water partition coefficient (Wildman–Crippen LogP) is 5.74. The number of methoxy groups -OCH3 is 1. The molecule has 0 radical (unpaired) electrons. The van der Waals surface area contributed by atoms with Gasteiger partial charge in [-0.15, -0.1) is 0 Å². The van der Waals surface area contributed by atoms with Gasteiger partial charge in [-0.3, -0.25) is 4.98 Å². The van der Waals surface area contributed by atoms with Crippen molar-refractivity contribution >= 4 is 11.7 Å². The summed E-state index contributed by atoms with van der Waals surface area (Å²) >= 11 is 0. The fourth-order valence-corrected chi connectivity index (χ4v) is 4.76. The van der Waals surface area contributed by atoms with Crippen molar-refractivity contribution in [2.45, 2.75) is 51.4 Å². The molecule has 164 valence electrons. The minimum Gasteiger partial charge on any atom is -0.489 e. The van der Waals surface area contributed by atoms with Crippen molar-refractivity contribution in [3.05, 3.63) is 65.0 Å². The number of hydrogen-bond acceptors (Lipinski definition) is 4. The van der Waals surface area contributed by atoms with Crippen LogP contribution in [-0.2, 0) is 4.74 Å². The van der Waals surface area contributed by atoms with Crippen molar-refractivity contribution < 1.29 is 14.3 Å². The van der Waals surface area contributed by atoms with E-state index in [2.05, 4.69) is 42.2 Å². The van der Waals surface area contributed by atoms with Crippen LogP contribution in [0, 0.1) is 6.92 Å². The second kappa shape index (κ2) is 9.99. The molecule has 1 aromatic carbocycles. The third-order valence-electron chi connectivity index (χ3n) is 6.56. The molecule has 2 aliphatic rings. The summed E-state index contributed by atoms with van der Waals surface area (Å²) < 4.78 is 11.1. The van der Waals surface area contributed by atoms with Crippen LogP contribution in [0.25, 0.3) is 5.57 Å². The lowest BCUT2D eigenvalue weighted by Gasteiger charge is -2.31. The monoisotopic (exact) mass is 420 g/mol. The summed E-state index contributed by atoms with van der Waals surface area (Å²) in [6, 6.07) is 12.7. The number of rotatable bonds is 5. The van der Waals surface area contributed by atoms with Crippen LogP contribution in [-0.4, -0.2) is 42.8 Å². The molecule has 0 atom stereocenters. The fourth-order valence-electron chi connectivity index (χ4n) is 4.76. The maximum atomic E-state index is 11.7. The summed E-state index contributed by atoms with van der Waals surface area (Å²) in [5, 5.41) is 0. The molecule has 4 rings (SSSR count). The zero-order valence-corrected chi connectivity index (χ0v) is 18.6. The van der Waals surface area contributed by atoms with Crippen molar-refractivity contribution in [2.75, 3.05) is 26.8 Å². The minimum absolute atomic E-state index is 0.222. The number of aromatic nitrogens is 1. The number of benzene rings is 1. The Morgan fingerprint density at radius 2 is 1.94 bits per heavy atom. The van der Waals surface area contributed by atoms with Gasteiger partial charge in [0.1, 0.15) is 12.4 Å². The van der Waals surface area contributed by atoms with Gasteiger partial charge in [0.15, 0.2) is 0 Å². The van der Waals surface area contributed by atoms with E-state index in [0.717, 1.165) is 50.2 Å². The summed E-state index contributed by atoms with van der Waals surface area (Å²) in [4.78, 5) is 18.1. The highest BCUT2D eigenvalue weighted by Gasteiger charge is 2.24. The highest BCUT2D eigenvalue weighted by molar-refractivity contribution is 5.67. The third-order valence-corrected chi connectivity index (χ3v) is 6.56. The highest BCUT2D eigenvalue weighted by atomic mass is 16.5. The van der Waals surface area contributed by atoms with E-state index in [1.165, 1.54) is 42.2 Å². The first kappa shape index (κ1) is 21.4. The average molecular weight is 421 g/mol. The van der Waals surface area contributed by atoms with Crippen LogP contribution in [0.1, 0.15) is 61.3 Å².